The van der Waals surface area contributed by atoms with Crippen molar-refractivity contribution in [2.75, 3.05) is 33.1 Å². The molecule has 1 atom stereocenters. The van der Waals surface area contributed by atoms with Crippen LogP contribution in [0, 0.1) is 6.92 Å². The average Bonchev–Trinajstić information content (AvgIpc) is 3.08. The first-order valence-electron chi connectivity index (χ1n) is 9.33. The predicted octanol–water partition coefficient (Wildman–Crippen LogP) is 2.93. The van der Waals surface area contributed by atoms with E-state index in [2.05, 4.69) is 4.98 Å². The molecule has 0 saturated carbocycles. The van der Waals surface area contributed by atoms with Gasteiger partial charge in [0.05, 0.1) is 25.7 Å². The Morgan fingerprint density at radius 1 is 1.18 bits per heavy atom. The van der Waals surface area contributed by atoms with Crippen LogP contribution in [-0.4, -0.2) is 53.1 Å². The molecule has 0 radical (unpaired) electrons. The van der Waals surface area contributed by atoms with Gasteiger partial charge in [0.25, 0.3) is 0 Å². The molecule has 0 aliphatic carbocycles. The van der Waals surface area contributed by atoms with Crippen LogP contribution in [0.15, 0.2) is 22.6 Å². The number of rotatable bonds is 7. The van der Waals surface area contributed by atoms with E-state index in [0.717, 1.165) is 37.9 Å². The number of ether oxygens (including phenoxy) is 2. The number of hydrogen-bond donors (Lipinski definition) is 0. The molecule has 3 rings (SSSR count). The lowest BCUT2D eigenvalue weighted by atomic mass is 10.1. The lowest BCUT2D eigenvalue weighted by Crippen LogP contribution is -2.38. The maximum Gasteiger partial charge on any atom is 0.235 e. The zero-order chi connectivity index (χ0) is 20.1. The van der Waals surface area contributed by atoms with Gasteiger partial charge in [-0.3, -0.25) is 9.00 Å². The molecule has 0 bridgehead atoms. The van der Waals surface area contributed by atoms with Crippen molar-refractivity contribution in [1.29, 1.82) is 0 Å². The maximum absolute atomic E-state index is 12.5. The summed E-state index contributed by atoms with van der Waals surface area (Å²) in [5, 5.41) is 0. The summed E-state index contributed by atoms with van der Waals surface area (Å²) >= 11 is 0. The molecule has 2 heterocycles. The number of aryl methyl sites for hydroxylation is 1. The van der Waals surface area contributed by atoms with E-state index in [1.165, 1.54) is 0 Å². The van der Waals surface area contributed by atoms with Crippen molar-refractivity contribution in [2.45, 2.75) is 31.9 Å². The van der Waals surface area contributed by atoms with Gasteiger partial charge < -0.3 is 18.8 Å². The van der Waals surface area contributed by atoms with Gasteiger partial charge in [0, 0.05) is 29.5 Å². The molecular formula is C20H26N2O5S. The normalized spacial score (nSPS) is 15.3. The molecule has 1 aromatic heterocycles. The van der Waals surface area contributed by atoms with Crippen molar-refractivity contribution < 1.29 is 22.9 Å². The minimum absolute atomic E-state index is 0.0258. The summed E-state index contributed by atoms with van der Waals surface area (Å²) in [6, 6.07) is 5.39. The number of benzene rings is 1. The number of likely N-dealkylation sites (tertiary alicyclic amines) is 1. The van der Waals surface area contributed by atoms with Crippen LogP contribution in [-0.2, 0) is 21.3 Å². The Kier molecular flexibility index (Phi) is 6.72. The molecule has 1 saturated heterocycles. The van der Waals surface area contributed by atoms with Crippen molar-refractivity contribution in [2.24, 2.45) is 0 Å². The highest BCUT2D eigenvalue weighted by atomic mass is 32.2. The zero-order valence-corrected chi connectivity index (χ0v) is 17.3. The predicted molar refractivity (Wildman–Crippen MR) is 107 cm³/mol. The monoisotopic (exact) mass is 406 g/mol. The van der Waals surface area contributed by atoms with Gasteiger partial charge in [0.1, 0.15) is 11.5 Å². The molecule has 1 fully saturated rings. The van der Waals surface area contributed by atoms with Gasteiger partial charge in [-0.25, -0.2) is 4.98 Å². The van der Waals surface area contributed by atoms with E-state index >= 15 is 0 Å². The first-order valence-corrected chi connectivity index (χ1v) is 10.8. The van der Waals surface area contributed by atoms with Crippen molar-refractivity contribution in [3.05, 3.63) is 29.7 Å². The Labute approximate surface area is 167 Å². The van der Waals surface area contributed by atoms with Crippen LogP contribution in [0.2, 0.25) is 0 Å². The molecule has 1 aliphatic rings. The van der Waals surface area contributed by atoms with Gasteiger partial charge >= 0.3 is 0 Å². The van der Waals surface area contributed by atoms with E-state index in [1.54, 1.807) is 33.3 Å². The number of carbonyl (C=O) groups excluding carboxylic acids is 1. The second kappa shape index (κ2) is 9.23. The summed E-state index contributed by atoms with van der Waals surface area (Å²) in [5.41, 5.74) is 1.34. The highest BCUT2D eigenvalue weighted by molar-refractivity contribution is 7.84. The second-order valence-electron chi connectivity index (χ2n) is 6.76. The van der Waals surface area contributed by atoms with Crippen molar-refractivity contribution in [3.63, 3.8) is 0 Å². The maximum atomic E-state index is 12.5. The topological polar surface area (TPSA) is 81.9 Å². The Balaban J connectivity index is 1.68. The largest absolute Gasteiger partial charge is 0.493 e. The van der Waals surface area contributed by atoms with E-state index in [4.69, 9.17) is 13.9 Å². The summed E-state index contributed by atoms with van der Waals surface area (Å²) in [5.74, 6) is 2.40. The van der Waals surface area contributed by atoms with Crippen LogP contribution in [0.25, 0.3) is 11.5 Å². The number of piperidine rings is 1. The zero-order valence-electron chi connectivity index (χ0n) is 16.5. The minimum atomic E-state index is -1.33. The second-order valence-corrected chi connectivity index (χ2v) is 8.22. The van der Waals surface area contributed by atoms with Crippen LogP contribution in [0.5, 0.6) is 11.5 Å². The standard InChI is InChI=1S/C20H26N2O5S/c1-14-16(12-28(24)13-19(23)22-9-5-4-6-10-22)21-20(27-14)15-7-8-17(25-2)18(11-15)26-3/h7-8,11H,4-6,9-10,12-13H2,1-3H3. The fraction of sp³-hybridized carbons (Fsp3) is 0.500. The van der Waals surface area contributed by atoms with E-state index in [0.29, 0.717) is 28.8 Å². The molecule has 7 nitrogen and oxygen atoms in total. The summed E-state index contributed by atoms with van der Waals surface area (Å²) < 4.78 is 28.8. The first-order chi connectivity index (χ1) is 13.5. The van der Waals surface area contributed by atoms with E-state index in [1.807, 2.05) is 11.0 Å². The Morgan fingerprint density at radius 2 is 1.89 bits per heavy atom. The third-order valence-electron chi connectivity index (χ3n) is 4.81. The average molecular weight is 407 g/mol. The van der Waals surface area contributed by atoms with E-state index in [-0.39, 0.29) is 17.4 Å². The molecule has 28 heavy (non-hydrogen) atoms. The van der Waals surface area contributed by atoms with Gasteiger partial charge in [-0.15, -0.1) is 0 Å². The lowest BCUT2D eigenvalue weighted by molar-refractivity contribution is -0.129. The molecule has 2 aromatic rings. The van der Waals surface area contributed by atoms with Crippen LogP contribution >= 0.6 is 0 Å². The third-order valence-corrected chi connectivity index (χ3v) is 5.98. The summed E-state index contributed by atoms with van der Waals surface area (Å²) in [4.78, 5) is 18.6. The number of methoxy groups -OCH3 is 2. The van der Waals surface area contributed by atoms with E-state index < -0.39 is 10.8 Å². The van der Waals surface area contributed by atoms with E-state index in [9.17, 15) is 9.00 Å². The first kappa shape index (κ1) is 20.4. The van der Waals surface area contributed by atoms with Gasteiger partial charge in [-0.1, -0.05) is 0 Å². The van der Waals surface area contributed by atoms with Gasteiger partial charge in [-0.05, 0) is 44.4 Å². The Morgan fingerprint density at radius 3 is 2.57 bits per heavy atom. The van der Waals surface area contributed by atoms with Crippen LogP contribution in [0.1, 0.15) is 30.7 Å². The third kappa shape index (κ3) is 4.73. The molecule has 0 N–H and O–H groups in total. The van der Waals surface area contributed by atoms with Gasteiger partial charge in [0.2, 0.25) is 11.8 Å². The van der Waals surface area contributed by atoms with Crippen molar-refractivity contribution >= 4 is 16.7 Å². The summed E-state index contributed by atoms with van der Waals surface area (Å²) in [7, 11) is 1.82. The number of amides is 1. The molecule has 1 amide bonds. The number of aromatic nitrogens is 1. The lowest BCUT2D eigenvalue weighted by Gasteiger charge is -2.26. The van der Waals surface area contributed by atoms with Gasteiger partial charge in [0.15, 0.2) is 11.5 Å². The fourth-order valence-corrected chi connectivity index (χ4v) is 4.36. The quantitative estimate of drug-likeness (QED) is 0.703. The fourth-order valence-electron chi connectivity index (χ4n) is 3.23. The highest BCUT2D eigenvalue weighted by Gasteiger charge is 2.21. The van der Waals surface area contributed by atoms with Crippen LogP contribution < -0.4 is 9.47 Å². The molecule has 1 aliphatic heterocycles. The SMILES string of the molecule is COc1ccc(-c2nc(CS(=O)CC(=O)N3CCCCC3)c(C)o2)cc1OC. The Hall–Kier alpha value is -2.35. The van der Waals surface area contributed by atoms with Crippen LogP contribution in [0.3, 0.4) is 0 Å². The molecule has 0 spiro atoms. The molecule has 152 valence electrons. The number of oxazole rings is 1. The number of hydrogen-bond acceptors (Lipinski definition) is 6. The van der Waals surface area contributed by atoms with Crippen molar-refractivity contribution in [1.82, 2.24) is 9.88 Å². The Bertz CT molecular complexity index is 858. The summed E-state index contributed by atoms with van der Waals surface area (Å²) in [6.45, 7) is 3.32. The number of carbonyl (C=O) groups is 1. The minimum Gasteiger partial charge on any atom is -0.493 e. The molecule has 8 heteroatoms. The van der Waals surface area contributed by atoms with Gasteiger partial charge in [-0.2, -0.15) is 0 Å². The number of nitrogens with zero attached hydrogens (tertiary/aromatic N) is 2. The van der Waals surface area contributed by atoms with Crippen molar-refractivity contribution in [3.8, 4) is 23.0 Å². The molecule has 1 unspecified atom stereocenters. The molecular weight excluding hydrogens is 380 g/mol. The highest BCUT2D eigenvalue weighted by Crippen LogP contribution is 2.32. The van der Waals surface area contributed by atoms with Crippen LogP contribution in [0.4, 0.5) is 0 Å². The smallest absolute Gasteiger partial charge is 0.235 e. The summed E-state index contributed by atoms with van der Waals surface area (Å²) in [6.07, 6.45) is 3.20. The molecule has 1 aromatic carbocycles.